The van der Waals surface area contributed by atoms with Crippen molar-refractivity contribution < 1.29 is 5.11 Å². The van der Waals surface area contributed by atoms with Crippen LogP contribution in [0.3, 0.4) is 0 Å². The molecule has 0 amide bonds. The Morgan fingerprint density at radius 3 is 2.11 bits per heavy atom. The smallest absolute Gasteiger partial charge is 0.0434 e. The van der Waals surface area contributed by atoms with E-state index >= 15 is 0 Å². The van der Waals surface area contributed by atoms with E-state index in [1.165, 1.54) is 0 Å². The monoisotopic (exact) mass is 131 g/mol. The van der Waals surface area contributed by atoms with Crippen molar-refractivity contribution in [3.63, 3.8) is 0 Å². The van der Waals surface area contributed by atoms with Gasteiger partial charge in [-0.05, 0) is 26.2 Å². The topological polar surface area (TPSA) is 46.2 Å². The van der Waals surface area contributed by atoms with Gasteiger partial charge in [-0.25, -0.2) is 0 Å². The molecule has 3 N–H and O–H groups in total. The van der Waals surface area contributed by atoms with Gasteiger partial charge in [0.1, 0.15) is 0 Å². The van der Waals surface area contributed by atoms with Crippen molar-refractivity contribution in [2.45, 2.75) is 32.7 Å². The number of hydrogen-bond donors (Lipinski definition) is 2. The summed E-state index contributed by atoms with van der Waals surface area (Å²) in [7, 11) is 0. The van der Waals surface area contributed by atoms with Gasteiger partial charge in [-0.3, -0.25) is 0 Å². The fourth-order valence-electron chi connectivity index (χ4n) is 0.566. The SMILES string of the molecule is C[C@H](CCO)C(C)(C)N. The summed E-state index contributed by atoms with van der Waals surface area (Å²) < 4.78 is 0. The molecule has 0 aromatic carbocycles. The second kappa shape index (κ2) is 3.18. The highest BCUT2D eigenvalue weighted by atomic mass is 16.3. The molecule has 0 aliphatic rings. The molecule has 2 nitrogen and oxygen atoms in total. The van der Waals surface area contributed by atoms with Crippen LogP contribution in [0.15, 0.2) is 0 Å². The normalized spacial score (nSPS) is 15.7. The molecule has 0 saturated carbocycles. The van der Waals surface area contributed by atoms with Crippen molar-refractivity contribution in [2.75, 3.05) is 6.61 Å². The van der Waals surface area contributed by atoms with Crippen molar-refractivity contribution in [1.29, 1.82) is 0 Å². The number of aliphatic hydroxyl groups is 1. The zero-order valence-corrected chi connectivity index (χ0v) is 6.52. The first-order valence-corrected chi connectivity index (χ1v) is 3.38. The number of nitrogens with two attached hydrogens (primary N) is 1. The highest BCUT2D eigenvalue weighted by molar-refractivity contribution is 4.78. The molecule has 0 spiro atoms. The van der Waals surface area contributed by atoms with Crippen LogP contribution in [0.2, 0.25) is 0 Å². The molecule has 0 bridgehead atoms. The standard InChI is InChI=1S/C7H17NO/c1-6(4-5-9)7(2,3)8/h6,9H,4-5,8H2,1-3H3/t6-/m1/s1. The van der Waals surface area contributed by atoms with Gasteiger partial charge >= 0.3 is 0 Å². The molecule has 9 heavy (non-hydrogen) atoms. The molecular formula is C7H17NO. The van der Waals surface area contributed by atoms with Crippen molar-refractivity contribution >= 4 is 0 Å². The lowest BCUT2D eigenvalue weighted by Crippen LogP contribution is -2.39. The Hall–Kier alpha value is -0.0800. The maximum Gasteiger partial charge on any atom is 0.0434 e. The van der Waals surface area contributed by atoms with Crippen LogP contribution in [-0.2, 0) is 0 Å². The predicted octanol–water partition coefficient (Wildman–Crippen LogP) is 0.742. The summed E-state index contributed by atoms with van der Waals surface area (Å²) in [5.41, 5.74) is 5.60. The molecule has 2 heteroatoms. The third-order valence-electron chi connectivity index (χ3n) is 1.83. The van der Waals surface area contributed by atoms with E-state index in [1.807, 2.05) is 13.8 Å². The Labute approximate surface area is 57.1 Å². The summed E-state index contributed by atoms with van der Waals surface area (Å²) in [5, 5.41) is 8.54. The summed E-state index contributed by atoms with van der Waals surface area (Å²) >= 11 is 0. The van der Waals surface area contributed by atoms with Gasteiger partial charge in [0, 0.05) is 12.1 Å². The Morgan fingerprint density at radius 1 is 1.56 bits per heavy atom. The van der Waals surface area contributed by atoms with E-state index < -0.39 is 0 Å². The summed E-state index contributed by atoms with van der Waals surface area (Å²) in [6, 6.07) is 0. The molecule has 0 aromatic rings. The average molecular weight is 131 g/mol. The number of aliphatic hydroxyl groups excluding tert-OH is 1. The molecule has 0 aliphatic heterocycles. The van der Waals surface area contributed by atoms with E-state index in [0.717, 1.165) is 6.42 Å². The molecule has 0 saturated heterocycles. The van der Waals surface area contributed by atoms with Crippen LogP contribution in [0, 0.1) is 5.92 Å². The molecular weight excluding hydrogens is 114 g/mol. The summed E-state index contributed by atoms with van der Waals surface area (Å²) in [4.78, 5) is 0. The van der Waals surface area contributed by atoms with Crippen LogP contribution in [0.25, 0.3) is 0 Å². The minimum absolute atomic E-state index is 0.150. The molecule has 0 fully saturated rings. The minimum atomic E-state index is -0.150. The predicted molar refractivity (Wildman–Crippen MR) is 39.1 cm³/mol. The number of hydrogen-bond acceptors (Lipinski definition) is 2. The van der Waals surface area contributed by atoms with Gasteiger partial charge in [-0.1, -0.05) is 6.92 Å². The molecule has 0 rings (SSSR count). The lowest BCUT2D eigenvalue weighted by atomic mass is 9.88. The van der Waals surface area contributed by atoms with Crippen LogP contribution in [-0.4, -0.2) is 17.3 Å². The average Bonchev–Trinajstić information content (AvgIpc) is 1.64. The van der Waals surface area contributed by atoms with Gasteiger partial charge in [0.05, 0.1) is 0 Å². The maximum atomic E-state index is 8.54. The van der Waals surface area contributed by atoms with Gasteiger partial charge in [-0.15, -0.1) is 0 Å². The largest absolute Gasteiger partial charge is 0.396 e. The Morgan fingerprint density at radius 2 is 2.00 bits per heavy atom. The maximum absolute atomic E-state index is 8.54. The molecule has 0 radical (unpaired) electrons. The van der Waals surface area contributed by atoms with Crippen LogP contribution in [0.4, 0.5) is 0 Å². The molecule has 0 aliphatic carbocycles. The third-order valence-corrected chi connectivity index (χ3v) is 1.83. The quantitative estimate of drug-likeness (QED) is 0.593. The molecule has 1 atom stereocenters. The van der Waals surface area contributed by atoms with E-state index in [1.54, 1.807) is 0 Å². The zero-order valence-electron chi connectivity index (χ0n) is 6.52. The third kappa shape index (κ3) is 3.49. The van der Waals surface area contributed by atoms with E-state index in [4.69, 9.17) is 10.8 Å². The highest BCUT2D eigenvalue weighted by Crippen LogP contribution is 2.15. The van der Waals surface area contributed by atoms with Crippen LogP contribution in [0.5, 0.6) is 0 Å². The van der Waals surface area contributed by atoms with Crippen molar-refractivity contribution in [3.05, 3.63) is 0 Å². The van der Waals surface area contributed by atoms with Gasteiger partial charge < -0.3 is 10.8 Å². The van der Waals surface area contributed by atoms with Gasteiger partial charge in [-0.2, -0.15) is 0 Å². The van der Waals surface area contributed by atoms with Crippen molar-refractivity contribution in [2.24, 2.45) is 11.7 Å². The second-order valence-electron chi connectivity index (χ2n) is 3.23. The first-order chi connectivity index (χ1) is 3.98. The Balaban J connectivity index is 3.59. The fourth-order valence-corrected chi connectivity index (χ4v) is 0.566. The van der Waals surface area contributed by atoms with E-state index in [0.29, 0.717) is 5.92 Å². The first kappa shape index (κ1) is 8.92. The Bertz CT molecular complexity index is 75.5. The lowest BCUT2D eigenvalue weighted by Gasteiger charge is -2.26. The second-order valence-corrected chi connectivity index (χ2v) is 3.23. The van der Waals surface area contributed by atoms with Crippen LogP contribution < -0.4 is 5.73 Å². The number of rotatable bonds is 3. The molecule has 0 heterocycles. The summed E-state index contributed by atoms with van der Waals surface area (Å²) in [6.07, 6.45) is 0.795. The molecule has 0 unspecified atom stereocenters. The molecule has 0 aromatic heterocycles. The van der Waals surface area contributed by atoms with Gasteiger partial charge in [0.2, 0.25) is 0 Å². The zero-order chi connectivity index (χ0) is 7.49. The summed E-state index contributed by atoms with van der Waals surface area (Å²) in [6.45, 7) is 6.25. The van der Waals surface area contributed by atoms with Crippen molar-refractivity contribution in [3.8, 4) is 0 Å². The van der Waals surface area contributed by atoms with Gasteiger partial charge in [0.15, 0.2) is 0 Å². The Kier molecular flexibility index (Phi) is 3.15. The first-order valence-electron chi connectivity index (χ1n) is 3.38. The van der Waals surface area contributed by atoms with Crippen LogP contribution >= 0.6 is 0 Å². The van der Waals surface area contributed by atoms with Crippen LogP contribution in [0.1, 0.15) is 27.2 Å². The van der Waals surface area contributed by atoms with Gasteiger partial charge in [0.25, 0.3) is 0 Å². The summed E-state index contributed by atoms with van der Waals surface area (Å²) in [5.74, 6) is 0.391. The van der Waals surface area contributed by atoms with E-state index in [-0.39, 0.29) is 12.1 Å². The van der Waals surface area contributed by atoms with Crippen molar-refractivity contribution in [1.82, 2.24) is 0 Å². The highest BCUT2D eigenvalue weighted by Gasteiger charge is 2.18. The van der Waals surface area contributed by atoms with E-state index in [9.17, 15) is 0 Å². The lowest BCUT2D eigenvalue weighted by molar-refractivity contribution is 0.224. The fraction of sp³-hybridized carbons (Fsp3) is 1.00. The minimum Gasteiger partial charge on any atom is -0.396 e. The van der Waals surface area contributed by atoms with E-state index in [2.05, 4.69) is 6.92 Å². The molecule has 56 valence electrons.